The number of hydrogen-bond acceptors (Lipinski definition) is 6. The third kappa shape index (κ3) is 2.08. The fourth-order valence-corrected chi connectivity index (χ4v) is 5.47. The van der Waals surface area contributed by atoms with Crippen LogP contribution in [-0.2, 0) is 19.2 Å². The molecule has 5 aliphatic rings. The molecule has 5 fully saturated rings. The van der Waals surface area contributed by atoms with E-state index in [4.69, 9.17) is 0 Å². The van der Waals surface area contributed by atoms with Crippen LogP contribution in [0.25, 0.3) is 0 Å². The van der Waals surface area contributed by atoms with E-state index in [9.17, 15) is 19.2 Å². The molecule has 0 aliphatic carbocycles. The van der Waals surface area contributed by atoms with Gasteiger partial charge in [-0.3, -0.25) is 48.6 Å². The fraction of sp³-hybridized carbons (Fsp3) is 0.765. The highest BCUT2D eigenvalue weighted by atomic mass is 16.2. The first-order chi connectivity index (χ1) is 12.1. The average Bonchev–Trinajstić information content (AvgIpc) is 3.00. The Morgan fingerprint density at radius 1 is 0.481 bits per heavy atom. The molecule has 5 heterocycles. The minimum atomic E-state index is -0.699. The normalized spacial score (nSPS) is 37.0. The van der Waals surface area contributed by atoms with Crippen LogP contribution in [-0.4, -0.2) is 104 Å². The molecule has 10 heteroatoms. The molecular formula is C17H28N6O4. The van der Waals surface area contributed by atoms with Crippen molar-refractivity contribution in [2.75, 3.05) is 14.1 Å². The summed E-state index contributed by atoms with van der Waals surface area (Å²) in [4.78, 5) is 60.7. The summed E-state index contributed by atoms with van der Waals surface area (Å²) >= 11 is 0. The standard InChI is InChI=1S/C16H24N6O4.CH4/c1-7(23)19-11-12-18(6)14-13(17(11)5)21(9(3)25)16(22(14)10(4)26)15(19)20(12)8(2)24;/h11-16H,1-6H3;1H4. The SMILES string of the molecule is C.CC(=O)N1C2C3N(C)C4C(N2C)N(C(C)=O)C(C1N3C(C)=O)N4C(C)=O. The van der Waals surface area contributed by atoms with Gasteiger partial charge in [0, 0.05) is 27.7 Å². The third-order valence-corrected chi connectivity index (χ3v) is 6.20. The number of piperazine rings is 1. The summed E-state index contributed by atoms with van der Waals surface area (Å²) in [6.45, 7) is 5.84. The Bertz CT molecular complexity index is 612. The first-order valence-electron chi connectivity index (χ1n) is 8.70. The highest BCUT2D eigenvalue weighted by molar-refractivity contribution is 5.83. The van der Waals surface area contributed by atoms with Gasteiger partial charge in [0.1, 0.15) is 37.0 Å². The molecule has 4 amide bonds. The Balaban J connectivity index is 0.00000210. The van der Waals surface area contributed by atoms with Crippen molar-refractivity contribution in [1.82, 2.24) is 29.4 Å². The van der Waals surface area contributed by atoms with Crippen LogP contribution in [0, 0.1) is 0 Å². The van der Waals surface area contributed by atoms with Gasteiger partial charge in [0.15, 0.2) is 0 Å². The predicted molar refractivity (Wildman–Crippen MR) is 95.1 cm³/mol. The monoisotopic (exact) mass is 380 g/mol. The second-order valence-electron chi connectivity index (χ2n) is 7.52. The molecule has 0 N–H and O–H groups in total. The zero-order valence-electron chi connectivity index (χ0n) is 15.8. The lowest BCUT2D eigenvalue weighted by Crippen LogP contribution is -2.73. The molecule has 0 aromatic carbocycles. The van der Waals surface area contributed by atoms with Crippen LogP contribution in [0.4, 0.5) is 0 Å². The van der Waals surface area contributed by atoms with Crippen LogP contribution in [0.1, 0.15) is 35.1 Å². The maximum absolute atomic E-state index is 12.6. The average molecular weight is 380 g/mol. The Hall–Kier alpha value is -2.20. The third-order valence-electron chi connectivity index (χ3n) is 6.20. The van der Waals surface area contributed by atoms with Crippen molar-refractivity contribution in [2.45, 2.75) is 72.1 Å². The van der Waals surface area contributed by atoms with Gasteiger partial charge in [-0.25, -0.2) is 0 Å². The van der Waals surface area contributed by atoms with Gasteiger partial charge in [-0.05, 0) is 14.1 Å². The summed E-state index contributed by atoms with van der Waals surface area (Å²) in [7, 11) is 3.70. The van der Waals surface area contributed by atoms with Gasteiger partial charge in [0.25, 0.3) is 0 Å². The van der Waals surface area contributed by atoms with E-state index >= 15 is 0 Å². The van der Waals surface area contributed by atoms with Gasteiger partial charge in [-0.1, -0.05) is 7.43 Å². The van der Waals surface area contributed by atoms with E-state index < -0.39 is 12.3 Å². The first kappa shape index (κ1) is 19.6. The topological polar surface area (TPSA) is 87.7 Å². The second kappa shape index (κ2) is 5.90. The largest absolute Gasteiger partial charge is 0.299 e. The molecule has 0 spiro atoms. The van der Waals surface area contributed by atoms with Crippen LogP contribution in [0.2, 0.25) is 0 Å². The van der Waals surface area contributed by atoms with Crippen molar-refractivity contribution in [3.8, 4) is 0 Å². The van der Waals surface area contributed by atoms with Crippen LogP contribution in [0.3, 0.4) is 0 Å². The molecule has 4 unspecified atom stereocenters. The van der Waals surface area contributed by atoms with Gasteiger partial charge < -0.3 is 0 Å². The number of carbonyl (C=O) groups is 4. The molecule has 5 rings (SSSR count). The lowest BCUT2D eigenvalue weighted by molar-refractivity contribution is -0.165. The summed E-state index contributed by atoms with van der Waals surface area (Å²) in [5, 5.41) is 0. The Kier molecular flexibility index (Phi) is 4.27. The van der Waals surface area contributed by atoms with E-state index in [2.05, 4.69) is 0 Å². The maximum atomic E-state index is 12.6. The van der Waals surface area contributed by atoms with E-state index in [1.807, 2.05) is 23.9 Å². The summed E-state index contributed by atoms with van der Waals surface area (Å²) in [5.41, 5.74) is 0. The summed E-state index contributed by atoms with van der Waals surface area (Å²) in [6, 6.07) is 0. The lowest BCUT2D eigenvalue weighted by atomic mass is 10.1. The number of rotatable bonds is 0. The molecule has 6 bridgehead atoms. The molecule has 0 aromatic heterocycles. The van der Waals surface area contributed by atoms with Crippen LogP contribution in [0.5, 0.6) is 0 Å². The van der Waals surface area contributed by atoms with Gasteiger partial charge >= 0.3 is 0 Å². The van der Waals surface area contributed by atoms with E-state index in [-0.39, 0.29) is 55.7 Å². The smallest absolute Gasteiger partial charge is 0.222 e. The quantitative estimate of drug-likeness (QED) is 0.530. The van der Waals surface area contributed by atoms with Crippen LogP contribution in [0.15, 0.2) is 0 Å². The predicted octanol–water partition coefficient (Wildman–Crippen LogP) is -1.11. The van der Waals surface area contributed by atoms with Crippen molar-refractivity contribution in [1.29, 1.82) is 0 Å². The molecule has 27 heavy (non-hydrogen) atoms. The van der Waals surface area contributed by atoms with E-state index in [1.165, 1.54) is 27.7 Å². The fourth-order valence-electron chi connectivity index (χ4n) is 5.47. The zero-order valence-corrected chi connectivity index (χ0v) is 15.8. The second-order valence-corrected chi connectivity index (χ2v) is 7.52. The molecule has 0 saturated carbocycles. The molecule has 150 valence electrons. The van der Waals surface area contributed by atoms with E-state index in [1.54, 1.807) is 19.6 Å². The number of amides is 4. The molecular weight excluding hydrogens is 352 g/mol. The van der Waals surface area contributed by atoms with E-state index in [0.29, 0.717) is 0 Å². The minimum Gasteiger partial charge on any atom is -0.299 e. The number of carbonyl (C=O) groups excluding carboxylic acids is 4. The van der Waals surface area contributed by atoms with Crippen LogP contribution >= 0.6 is 0 Å². The molecule has 0 aromatic rings. The highest BCUT2D eigenvalue weighted by Gasteiger charge is 2.73. The summed E-state index contributed by atoms with van der Waals surface area (Å²) in [5.74, 6) is -0.752. The minimum absolute atomic E-state index is 0. The Labute approximate surface area is 159 Å². The maximum Gasteiger partial charge on any atom is 0.222 e. The number of hydrogen-bond donors (Lipinski definition) is 0. The van der Waals surface area contributed by atoms with Crippen molar-refractivity contribution in [3.05, 3.63) is 0 Å². The van der Waals surface area contributed by atoms with Gasteiger partial charge in [0.2, 0.25) is 23.6 Å². The first-order valence-corrected chi connectivity index (χ1v) is 8.70. The highest BCUT2D eigenvalue weighted by Crippen LogP contribution is 2.50. The van der Waals surface area contributed by atoms with Crippen molar-refractivity contribution in [3.63, 3.8) is 0 Å². The molecule has 5 saturated heterocycles. The molecule has 5 aliphatic heterocycles. The lowest BCUT2D eigenvalue weighted by Gasteiger charge is -2.52. The zero-order chi connectivity index (χ0) is 19.2. The molecule has 0 radical (unpaired) electrons. The number of likely N-dealkylation sites (N-methyl/N-ethyl adjacent to an activating group) is 2. The van der Waals surface area contributed by atoms with Crippen LogP contribution < -0.4 is 0 Å². The van der Waals surface area contributed by atoms with Gasteiger partial charge in [-0.2, -0.15) is 0 Å². The van der Waals surface area contributed by atoms with Gasteiger partial charge in [-0.15, -0.1) is 0 Å². The summed E-state index contributed by atoms with van der Waals surface area (Å²) < 4.78 is 0. The van der Waals surface area contributed by atoms with E-state index in [0.717, 1.165) is 0 Å². The Morgan fingerprint density at radius 3 is 0.815 bits per heavy atom. The van der Waals surface area contributed by atoms with Crippen molar-refractivity contribution in [2.24, 2.45) is 0 Å². The number of nitrogens with zero attached hydrogens (tertiary/aromatic N) is 6. The molecule has 10 nitrogen and oxygen atoms in total. The molecule has 4 atom stereocenters. The summed E-state index contributed by atoms with van der Waals surface area (Å²) in [6.07, 6.45) is -2.87. The van der Waals surface area contributed by atoms with Crippen molar-refractivity contribution >= 4 is 23.6 Å². The Morgan fingerprint density at radius 2 is 0.667 bits per heavy atom. The van der Waals surface area contributed by atoms with Gasteiger partial charge in [0.05, 0.1) is 0 Å². The van der Waals surface area contributed by atoms with Crippen molar-refractivity contribution < 1.29 is 19.2 Å².